The summed E-state index contributed by atoms with van der Waals surface area (Å²) in [6.45, 7) is 3.35. The van der Waals surface area contributed by atoms with Crippen molar-refractivity contribution in [2.75, 3.05) is 6.54 Å². The minimum Gasteiger partial charge on any atom is -0.480 e. The van der Waals surface area contributed by atoms with Crippen LogP contribution in [0.2, 0.25) is 0 Å². The zero-order chi connectivity index (χ0) is 15.4. The van der Waals surface area contributed by atoms with Crippen LogP contribution in [0.25, 0.3) is 0 Å². The second kappa shape index (κ2) is 6.61. The fourth-order valence-corrected chi connectivity index (χ4v) is 2.77. The number of aryl methyl sites for hydroxylation is 1. The van der Waals surface area contributed by atoms with Gasteiger partial charge in [0.25, 0.3) is 0 Å². The SMILES string of the molecule is CC(C)N(CC(=O)O)C(=O)NC1CCCc2ccccc21. The molecule has 5 heteroatoms. The molecule has 0 fully saturated rings. The van der Waals surface area contributed by atoms with Gasteiger partial charge in [-0.15, -0.1) is 0 Å². The average Bonchev–Trinajstić information content (AvgIpc) is 2.44. The summed E-state index contributed by atoms with van der Waals surface area (Å²) in [5.41, 5.74) is 2.42. The summed E-state index contributed by atoms with van der Waals surface area (Å²) in [5.74, 6) is -0.997. The molecule has 1 aliphatic rings. The van der Waals surface area contributed by atoms with E-state index in [1.807, 2.05) is 32.0 Å². The maximum absolute atomic E-state index is 12.3. The summed E-state index contributed by atoms with van der Waals surface area (Å²) in [6.07, 6.45) is 2.95. The van der Waals surface area contributed by atoms with Gasteiger partial charge in [-0.25, -0.2) is 4.79 Å². The molecule has 5 nitrogen and oxygen atoms in total. The van der Waals surface area contributed by atoms with Gasteiger partial charge in [0, 0.05) is 6.04 Å². The van der Waals surface area contributed by atoms with Crippen LogP contribution in [0.1, 0.15) is 43.9 Å². The quantitative estimate of drug-likeness (QED) is 0.895. The Labute approximate surface area is 125 Å². The lowest BCUT2D eigenvalue weighted by Gasteiger charge is -2.31. The molecular weight excluding hydrogens is 268 g/mol. The average molecular weight is 290 g/mol. The molecule has 1 atom stereocenters. The van der Waals surface area contributed by atoms with Crippen LogP contribution in [0.4, 0.5) is 4.79 Å². The van der Waals surface area contributed by atoms with Crippen molar-refractivity contribution in [1.29, 1.82) is 0 Å². The molecule has 0 spiro atoms. The zero-order valence-corrected chi connectivity index (χ0v) is 12.5. The number of hydrogen-bond donors (Lipinski definition) is 2. The van der Waals surface area contributed by atoms with Crippen LogP contribution < -0.4 is 5.32 Å². The number of benzene rings is 1. The monoisotopic (exact) mass is 290 g/mol. The van der Waals surface area contributed by atoms with Crippen molar-refractivity contribution >= 4 is 12.0 Å². The van der Waals surface area contributed by atoms with Gasteiger partial charge >= 0.3 is 12.0 Å². The summed E-state index contributed by atoms with van der Waals surface area (Å²) in [6, 6.07) is 7.61. The minimum atomic E-state index is -0.997. The predicted octanol–water partition coefficient (Wildman–Crippen LogP) is 2.57. The maximum atomic E-state index is 12.3. The van der Waals surface area contributed by atoms with Gasteiger partial charge in [0.15, 0.2) is 0 Å². The number of carboxylic acids is 1. The summed E-state index contributed by atoms with van der Waals surface area (Å²) in [7, 11) is 0. The Kier molecular flexibility index (Phi) is 4.83. The Morgan fingerprint density at radius 2 is 2.10 bits per heavy atom. The lowest BCUT2D eigenvalue weighted by atomic mass is 9.88. The number of nitrogens with zero attached hydrogens (tertiary/aromatic N) is 1. The van der Waals surface area contributed by atoms with Crippen LogP contribution in [0.3, 0.4) is 0 Å². The zero-order valence-electron chi connectivity index (χ0n) is 12.5. The largest absolute Gasteiger partial charge is 0.480 e. The van der Waals surface area contributed by atoms with Crippen molar-refractivity contribution in [3.63, 3.8) is 0 Å². The smallest absolute Gasteiger partial charge is 0.323 e. The Hall–Kier alpha value is -2.04. The molecule has 1 aliphatic carbocycles. The van der Waals surface area contributed by atoms with Gasteiger partial charge in [-0.05, 0) is 44.2 Å². The van der Waals surface area contributed by atoms with Crippen LogP contribution in [0, 0.1) is 0 Å². The van der Waals surface area contributed by atoms with Gasteiger partial charge in [0.2, 0.25) is 0 Å². The van der Waals surface area contributed by atoms with E-state index >= 15 is 0 Å². The molecule has 0 aliphatic heterocycles. The Bertz CT molecular complexity index is 528. The van der Waals surface area contributed by atoms with Crippen LogP contribution in [0.15, 0.2) is 24.3 Å². The molecule has 0 saturated heterocycles. The van der Waals surface area contributed by atoms with E-state index in [1.54, 1.807) is 0 Å². The van der Waals surface area contributed by atoms with Gasteiger partial charge in [0.1, 0.15) is 6.54 Å². The standard InChI is InChI=1S/C16H22N2O3/c1-11(2)18(10-15(19)20)16(21)17-14-9-5-7-12-6-3-4-8-13(12)14/h3-4,6,8,11,14H,5,7,9-10H2,1-2H3,(H,17,21)(H,19,20). The molecular formula is C16H22N2O3. The van der Waals surface area contributed by atoms with E-state index in [1.165, 1.54) is 10.5 Å². The van der Waals surface area contributed by atoms with E-state index in [4.69, 9.17) is 5.11 Å². The van der Waals surface area contributed by atoms with Crippen LogP contribution >= 0.6 is 0 Å². The first-order valence-electron chi connectivity index (χ1n) is 7.35. The molecule has 1 aromatic rings. The van der Waals surface area contributed by atoms with Crippen molar-refractivity contribution in [3.05, 3.63) is 35.4 Å². The number of fused-ring (bicyclic) bond motifs is 1. The number of rotatable bonds is 4. The molecule has 2 N–H and O–H groups in total. The number of carbonyl (C=O) groups is 2. The first kappa shape index (κ1) is 15.4. The molecule has 1 aromatic carbocycles. The summed E-state index contributed by atoms with van der Waals surface area (Å²) in [5, 5.41) is 11.9. The summed E-state index contributed by atoms with van der Waals surface area (Å²) < 4.78 is 0. The van der Waals surface area contributed by atoms with Gasteiger partial charge < -0.3 is 15.3 Å². The lowest BCUT2D eigenvalue weighted by molar-refractivity contribution is -0.138. The molecule has 21 heavy (non-hydrogen) atoms. The van der Waals surface area contributed by atoms with E-state index in [9.17, 15) is 9.59 Å². The van der Waals surface area contributed by atoms with Gasteiger partial charge in [-0.3, -0.25) is 4.79 Å². The number of nitrogens with one attached hydrogen (secondary N) is 1. The number of urea groups is 1. The van der Waals surface area contributed by atoms with Crippen molar-refractivity contribution in [2.24, 2.45) is 0 Å². The fraction of sp³-hybridized carbons (Fsp3) is 0.500. The van der Waals surface area contributed by atoms with Crippen LogP contribution in [-0.4, -0.2) is 34.6 Å². The fourth-order valence-electron chi connectivity index (χ4n) is 2.77. The van der Waals surface area contributed by atoms with E-state index in [0.29, 0.717) is 0 Å². The molecule has 0 radical (unpaired) electrons. The van der Waals surface area contributed by atoms with Crippen molar-refractivity contribution < 1.29 is 14.7 Å². The third-order valence-corrected chi connectivity index (χ3v) is 3.86. The highest BCUT2D eigenvalue weighted by Crippen LogP contribution is 2.29. The Morgan fingerprint density at radius 3 is 2.76 bits per heavy atom. The normalized spacial score (nSPS) is 17.2. The van der Waals surface area contributed by atoms with Crippen molar-refractivity contribution in [2.45, 2.75) is 45.2 Å². The number of hydrogen-bond acceptors (Lipinski definition) is 2. The highest BCUT2D eigenvalue weighted by Gasteiger charge is 2.25. The second-order valence-electron chi connectivity index (χ2n) is 5.71. The van der Waals surface area contributed by atoms with Crippen molar-refractivity contribution in [1.82, 2.24) is 10.2 Å². The topological polar surface area (TPSA) is 69.6 Å². The Morgan fingerprint density at radius 1 is 1.38 bits per heavy atom. The van der Waals surface area contributed by atoms with Gasteiger partial charge in [-0.2, -0.15) is 0 Å². The highest BCUT2D eigenvalue weighted by atomic mass is 16.4. The number of aliphatic carboxylic acids is 1. The summed E-state index contributed by atoms with van der Waals surface area (Å²) in [4.78, 5) is 24.6. The molecule has 0 heterocycles. The molecule has 114 valence electrons. The number of carbonyl (C=O) groups excluding carboxylic acids is 1. The van der Waals surface area contributed by atoms with Crippen molar-refractivity contribution in [3.8, 4) is 0 Å². The second-order valence-corrected chi connectivity index (χ2v) is 5.71. The minimum absolute atomic E-state index is 0.0301. The first-order chi connectivity index (χ1) is 9.99. The lowest BCUT2D eigenvalue weighted by Crippen LogP contribution is -2.47. The molecule has 1 unspecified atom stereocenters. The Balaban J connectivity index is 2.10. The molecule has 0 aromatic heterocycles. The van der Waals surface area contributed by atoms with Gasteiger partial charge in [0.05, 0.1) is 6.04 Å². The van der Waals surface area contributed by atoms with E-state index in [0.717, 1.165) is 24.8 Å². The maximum Gasteiger partial charge on any atom is 0.323 e. The molecule has 2 amide bonds. The summed E-state index contributed by atoms with van der Waals surface area (Å²) >= 11 is 0. The third kappa shape index (κ3) is 3.74. The van der Waals surface area contributed by atoms with Gasteiger partial charge in [-0.1, -0.05) is 24.3 Å². The highest BCUT2D eigenvalue weighted by molar-refractivity contribution is 5.80. The van der Waals surface area contributed by atoms with E-state index < -0.39 is 5.97 Å². The molecule has 0 saturated carbocycles. The number of carboxylic acid groups (broad SMARTS) is 1. The molecule has 0 bridgehead atoms. The van der Waals surface area contributed by atoms with Crippen LogP contribution in [-0.2, 0) is 11.2 Å². The number of amides is 2. The van der Waals surface area contributed by atoms with E-state index in [-0.39, 0.29) is 24.7 Å². The van der Waals surface area contributed by atoms with Crippen LogP contribution in [0.5, 0.6) is 0 Å². The molecule has 2 rings (SSSR count). The van der Waals surface area contributed by atoms with E-state index in [2.05, 4.69) is 11.4 Å². The predicted molar refractivity (Wildman–Crippen MR) is 80.1 cm³/mol. The first-order valence-corrected chi connectivity index (χ1v) is 7.35. The third-order valence-electron chi connectivity index (χ3n) is 3.86.